The molecule has 3 N–H and O–H groups in total. The van der Waals surface area contributed by atoms with E-state index in [1.807, 2.05) is 35.2 Å². The summed E-state index contributed by atoms with van der Waals surface area (Å²) >= 11 is 0. The Bertz CT molecular complexity index is 796. The lowest BCUT2D eigenvalue weighted by molar-refractivity contribution is -0.117. The van der Waals surface area contributed by atoms with Gasteiger partial charge in [0.15, 0.2) is 5.96 Å². The number of nitrogens with two attached hydrogens (primary N) is 1. The first-order valence-electron chi connectivity index (χ1n) is 8.56. The zero-order valence-electron chi connectivity index (χ0n) is 14.7. The Balaban J connectivity index is 1.60. The SMILES string of the molecule is Cc1ccc(NC(N)=NCc2ccc(N3CCCC3=O)cc2)cc1C. The molecular weight excluding hydrogens is 312 g/mol. The number of aliphatic imine (C=N–C) groups is 1. The average Bonchev–Trinajstić information content (AvgIpc) is 3.03. The zero-order valence-corrected chi connectivity index (χ0v) is 14.7. The summed E-state index contributed by atoms with van der Waals surface area (Å²) in [7, 11) is 0. The van der Waals surface area contributed by atoms with Crippen molar-refractivity contribution in [3.63, 3.8) is 0 Å². The fourth-order valence-electron chi connectivity index (χ4n) is 2.89. The maximum Gasteiger partial charge on any atom is 0.227 e. The van der Waals surface area contributed by atoms with Crippen molar-refractivity contribution in [2.24, 2.45) is 10.7 Å². The van der Waals surface area contributed by atoms with E-state index in [1.54, 1.807) is 0 Å². The summed E-state index contributed by atoms with van der Waals surface area (Å²) in [6.45, 7) is 5.46. The van der Waals surface area contributed by atoms with E-state index in [9.17, 15) is 4.79 Å². The largest absolute Gasteiger partial charge is 0.370 e. The summed E-state index contributed by atoms with van der Waals surface area (Å²) in [5, 5.41) is 3.12. The number of guanidine groups is 1. The van der Waals surface area contributed by atoms with Crippen LogP contribution < -0.4 is 16.0 Å². The van der Waals surface area contributed by atoms with Crippen molar-refractivity contribution in [2.45, 2.75) is 33.2 Å². The molecule has 1 saturated heterocycles. The predicted molar refractivity (Wildman–Crippen MR) is 103 cm³/mol. The average molecular weight is 336 g/mol. The van der Waals surface area contributed by atoms with Gasteiger partial charge in [-0.1, -0.05) is 18.2 Å². The van der Waals surface area contributed by atoms with Crippen LogP contribution in [0.2, 0.25) is 0 Å². The van der Waals surface area contributed by atoms with Crippen LogP contribution in [0, 0.1) is 13.8 Å². The van der Waals surface area contributed by atoms with Crippen molar-refractivity contribution >= 4 is 23.2 Å². The smallest absolute Gasteiger partial charge is 0.227 e. The van der Waals surface area contributed by atoms with E-state index in [4.69, 9.17) is 5.73 Å². The number of benzene rings is 2. The minimum atomic E-state index is 0.201. The Morgan fingerprint density at radius 2 is 1.92 bits per heavy atom. The van der Waals surface area contributed by atoms with Gasteiger partial charge in [-0.05, 0) is 61.2 Å². The molecule has 0 radical (unpaired) electrons. The van der Waals surface area contributed by atoms with Crippen molar-refractivity contribution < 1.29 is 4.79 Å². The molecule has 0 aliphatic carbocycles. The van der Waals surface area contributed by atoms with Gasteiger partial charge in [-0.15, -0.1) is 0 Å². The van der Waals surface area contributed by atoms with Gasteiger partial charge in [0, 0.05) is 24.3 Å². The first kappa shape index (κ1) is 17.0. The minimum absolute atomic E-state index is 0.201. The lowest BCUT2D eigenvalue weighted by Gasteiger charge is -2.15. The molecule has 0 saturated carbocycles. The molecule has 130 valence electrons. The summed E-state index contributed by atoms with van der Waals surface area (Å²) in [6, 6.07) is 14.0. The molecule has 1 fully saturated rings. The van der Waals surface area contributed by atoms with Gasteiger partial charge in [0.05, 0.1) is 6.54 Å². The fraction of sp³-hybridized carbons (Fsp3) is 0.300. The Morgan fingerprint density at radius 1 is 1.16 bits per heavy atom. The Labute approximate surface area is 148 Å². The third-order valence-corrected chi connectivity index (χ3v) is 4.53. The van der Waals surface area contributed by atoms with Crippen molar-refractivity contribution in [3.8, 4) is 0 Å². The zero-order chi connectivity index (χ0) is 17.8. The topological polar surface area (TPSA) is 70.7 Å². The third kappa shape index (κ3) is 4.18. The minimum Gasteiger partial charge on any atom is -0.370 e. The van der Waals surface area contributed by atoms with Crippen molar-refractivity contribution in [2.75, 3.05) is 16.8 Å². The standard InChI is InChI=1S/C20H24N4O/c1-14-5-8-17(12-15(14)2)23-20(21)22-13-16-6-9-18(10-7-16)24-11-3-4-19(24)25/h5-10,12H,3-4,11,13H2,1-2H3,(H3,21,22,23). The lowest BCUT2D eigenvalue weighted by atomic mass is 10.1. The Kier molecular flexibility index (Phi) is 5.03. The number of anilines is 2. The van der Waals surface area contributed by atoms with Crippen molar-refractivity contribution in [1.82, 2.24) is 0 Å². The van der Waals surface area contributed by atoms with Crippen LogP contribution >= 0.6 is 0 Å². The highest BCUT2D eigenvalue weighted by Crippen LogP contribution is 2.21. The highest BCUT2D eigenvalue weighted by Gasteiger charge is 2.21. The summed E-state index contributed by atoms with van der Waals surface area (Å²) in [6.07, 6.45) is 1.58. The summed E-state index contributed by atoms with van der Waals surface area (Å²) in [5.74, 6) is 0.592. The quantitative estimate of drug-likeness (QED) is 0.664. The molecule has 0 bridgehead atoms. The molecule has 1 amide bonds. The second-order valence-electron chi connectivity index (χ2n) is 6.44. The molecule has 1 aliphatic rings. The van der Waals surface area contributed by atoms with Crippen LogP contribution in [-0.2, 0) is 11.3 Å². The number of nitrogens with zero attached hydrogens (tertiary/aromatic N) is 2. The molecular formula is C20H24N4O. The van der Waals surface area contributed by atoms with Gasteiger partial charge >= 0.3 is 0 Å². The number of amides is 1. The van der Waals surface area contributed by atoms with E-state index in [0.717, 1.165) is 29.9 Å². The normalized spacial score (nSPS) is 14.9. The van der Waals surface area contributed by atoms with E-state index >= 15 is 0 Å². The molecule has 0 atom stereocenters. The molecule has 5 nitrogen and oxygen atoms in total. The number of hydrogen-bond donors (Lipinski definition) is 2. The summed E-state index contributed by atoms with van der Waals surface area (Å²) in [5.41, 5.74) is 11.4. The second kappa shape index (κ2) is 7.38. The van der Waals surface area contributed by atoms with Gasteiger partial charge in [-0.2, -0.15) is 0 Å². The second-order valence-corrected chi connectivity index (χ2v) is 6.44. The summed E-state index contributed by atoms with van der Waals surface area (Å²) < 4.78 is 0. The number of carbonyl (C=O) groups is 1. The van der Waals surface area contributed by atoms with E-state index < -0.39 is 0 Å². The molecule has 0 unspecified atom stereocenters. The molecule has 5 heteroatoms. The van der Waals surface area contributed by atoms with Crippen LogP contribution in [0.5, 0.6) is 0 Å². The van der Waals surface area contributed by atoms with E-state index in [1.165, 1.54) is 11.1 Å². The molecule has 2 aromatic carbocycles. The van der Waals surface area contributed by atoms with Gasteiger partial charge in [0.25, 0.3) is 0 Å². The van der Waals surface area contributed by atoms with Crippen LogP contribution in [0.4, 0.5) is 11.4 Å². The van der Waals surface area contributed by atoms with Crippen molar-refractivity contribution in [3.05, 3.63) is 59.2 Å². The number of hydrogen-bond acceptors (Lipinski definition) is 2. The highest BCUT2D eigenvalue weighted by molar-refractivity contribution is 5.95. The molecule has 2 aromatic rings. The Morgan fingerprint density at radius 3 is 2.56 bits per heavy atom. The molecule has 1 heterocycles. The number of carbonyl (C=O) groups excluding carboxylic acids is 1. The lowest BCUT2D eigenvalue weighted by Crippen LogP contribution is -2.23. The van der Waals surface area contributed by atoms with E-state index in [2.05, 4.69) is 36.3 Å². The number of aryl methyl sites for hydroxylation is 2. The Hall–Kier alpha value is -2.82. The molecule has 1 aliphatic heterocycles. The van der Waals surface area contributed by atoms with Gasteiger partial charge in [-0.25, -0.2) is 4.99 Å². The monoisotopic (exact) mass is 336 g/mol. The summed E-state index contributed by atoms with van der Waals surface area (Å²) in [4.78, 5) is 18.0. The number of rotatable bonds is 4. The third-order valence-electron chi connectivity index (χ3n) is 4.53. The van der Waals surface area contributed by atoms with Gasteiger partial charge < -0.3 is 16.0 Å². The molecule has 25 heavy (non-hydrogen) atoms. The van der Waals surface area contributed by atoms with E-state index in [0.29, 0.717) is 18.9 Å². The highest BCUT2D eigenvalue weighted by atomic mass is 16.2. The molecule has 3 rings (SSSR count). The van der Waals surface area contributed by atoms with Crippen LogP contribution in [0.25, 0.3) is 0 Å². The maximum absolute atomic E-state index is 11.8. The van der Waals surface area contributed by atoms with Gasteiger partial charge in [-0.3, -0.25) is 4.79 Å². The first-order chi connectivity index (χ1) is 12.0. The first-order valence-corrected chi connectivity index (χ1v) is 8.56. The van der Waals surface area contributed by atoms with Crippen LogP contribution in [-0.4, -0.2) is 18.4 Å². The van der Waals surface area contributed by atoms with Crippen LogP contribution in [0.1, 0.15) is 29.5 Å². The predicted octanol–water partition coefficient (Wildman–Crippen LogP) is 3.36. The van der Waals surface area contributed by atoms with Gasteiger partial charge in [0.2, 0.25) is 5.91 Å². The number of nitrogens with one attached hydrogen (secondary N) is 1. The molecule has 0 aromatic heterocycles. The molecule has 0 spiro atoms. The van der Waals surface area contributed by atoms with Crippen LogP contribution in [0.3, 0.4) is 0 Å². The van der Waals surface area contributed by atoms with Crippen LogP contribution in [0.15, 0.2) is 47.5 Å². The van der Waals surface area contributed by atoms with E-state index in [-0.39, 0.29) is 5.91 Å². The maximum atomic E-state index is 11.8. The fourth-order valence-corrected chi connectivity index (χ4v) is 2.89. The van der Waals surface area contributed by atoms with Gasteiger partial charge in [0.1, 0.15) is 0 Å². The van der Waals surface area contributed by atoms with Crippen molar-refractivity contribution in [1.29, 1.82) is 0 Å².